The van der Waals surface area contributed by atoms with Crippen LogP contribution in [0.1, 0.15) is 20.8 Å². The number of pyridine rings is 1. The minimum absolute atomic E-state index is 0.0971. The summed E-state index contributed by atoms with van der Waals surface area (Å²) in [6.07, 6.45) is 4.83. The topological polar surface area (TPSA) is 72.5 Å². The molecule has 4 aromatic rings. The number of rotatable bonds is 5. The van der Waals surface area contributed by atoms with E-state index in [0.29, 0.717) is 39.2 Å². The Labute approximate surface area is 225 Å². The second-order valence-electron chi connectivity index (χ2n) is 10.6. The highest BCUT2D eigenvalue weighted by Gasteiger charge is 2.37. The SMILES string of the molecule is COc1ncc(-c2cc(F)cc(-c3ccc(-n4ccn(C)c4=O)c(Cl)c3)c2O)cc1N1C[C@H](C)C(C)(C)C1. The smallest absolute Gasteiger partial charge is 0.332 e. The van der Waals surface area contributed by atoms with Gasteiger partial charge in [0.25, 0.3) is 0 Å². The number of aromatic nitrogens is 3. The van der Waals surface area contributed by atoms with Crippen LogP contribution in [0.3, 0.4) is 0 Å². The first-order valence-corrected chi connectivity index (χ1v) is 12.7. The van der Waals surface area contributed by atoms with Gasteiger partial charge in [-0.3, -0.25) is 4.57 Å². The standard InChI is InChI=1S/C29H30ClFN4O3/c1-17-15-34(16-29(17,2)3)25-11-19(14-32-27(25)38-5)22-13-20(31)12-21(26(22)36)18-6-7-24(23(30)10-18)35-9-8-33(4)28(35)37/h6-14,17,36H,15-16H2,1-5H3/t17-/m0/s1. The number of phenolic OH excluding ortho intramolecular Hbond substituents is 1. The van der Waals surface area contributed by atoms with Gasteiger partial charge >= 0.3 is 5.69 Å². The fraction of sp³-hybridized carbons (Fsp3) is 0.310. The molecule has 9 heteroatoms. The molecule has 2 aromatic heterocycles. The third-order valence-corrected chi connectivity index (χ3v) is 7.95. The van der Waals surface area contributed by atoms with Crippen molar-refractivity contribution in [2.45, 2.75) is 20.8 Å². The molecule has 1 aliphatic heterocycles. The van der Waals surface area contributed by atoms with E-state index in [1.807, 2.05) is 6.07 Å². The zero-order chi connectivity index (χ0) is 27.4. The van der Waals surface area contributed by atoms with Gasteiger partial charge in [0, 0.05) is 55.4 Å². The van der Waals surface area contributed by atoms with Crippen molar-refractivity contribution >= 4 is 17.3 Å². The molecule has 5 rings (SSSR count). The summed E-state index contributed by atoms with van der Waals surface area (Å²) < 4.78 is 23.3. The van der Waals surface area contributed by atoms with Crippen LogP contribution in [-0.2, 0) is 7.05 Å². The van der Waals surface area contributed by atoms with Crippen LogP contribution in [0, 0.1) is 17.2 Å². The highest BCUT2D eigenvalue weighted by atomic mass is 35.5. The quantitative estimate of drug-likeness (QED) is 0.344. The van der Waals surface area contributed by atoms with Crippen LogP contribution in [0.25, 0.3) is 27.9 Å². The summed E-state index contributed by atoms with van der Waals surface area (Å²) in [5, 5.41) is 11.6. The van der Waals surface area contributed by atoms with E-state index in [1.54, 1.807) is 50.9 Å². The molecule has 38 heavy (non-hydrogen) atoms. The number of aromatic hydroxyl groups is 1. The first kappa shape index (κ1) is 25.9. The largest absolute Gasteiger partial charge is 0.507 e. The Kier molecular flexibility index (Phi) is 6.47. The zero-order valence-corrected chi connectivity index (χ0v) is 22.8. The third kappa shape index (κ3) is 4.43. The number of hydrogen-bond donors (Lipinski definition) is 1. The molecule has 0 spiro atoms. The molecular weight excluding hydrogens is 507 g/mol. The number of aryl methyl sites for hydroxylation is 1. The van der Waals surface area contributed by atoms with E-state index in [2.05, 4.69) is 30.7 Å². The van der Waals surface area contributed by atoms with Gasteiger partial charge in [-0.1, -0.05) is 38.4 Å². The summed E-state index contributed by atoms with van der Waals surface area (Å²) in [7, 11) is 3.23. The van der Waals surface area contributed by atoms with E-state index in [9.17, 15) is 14.3 Å². The van der Waals surface area contributed by atoms with Gasteiger partial charge in [-0.2, -0.15) is 0 Å². The summed E-state index contributed by atoms with van der Waals surface area (Å²) in [5.74, 6) is 0.332. The molecule has 1 fully saturated rings. The van der Waals surface area contributed by atoms with Crippen molar-refractivity contribution < 1.29 is 14.2 Å². The van der Waals surface area contributed by atoms with Crippen molar-refractivity contribution in [3.05, 3.63) is 76.3 Å². The molecule has 2 aromatic carbocycles. The molecule has 1 saturated heterocycles. The van der Waals surface area contributed by atoms with Crippen LogP contribution < -0.4 is 15.3 Å². The molecule has 3 heterocycles. The van der Waals surface area contributed by atoms with Gasteiger partial charge < -0.3 is 19.3 Å². The van der Waals surface area contributed by atoms with Crippen LogP contribution in [0.5, 0.6) is 11.6 Å². The van der Waals surface area contributed by atoms with Gasteiger partial charge in [-0.25, -0.2) is 14.2 Å². The number of benzene rings is 2. The Morgan fingerprint density at radius 2 is 1.82 bits per heavy atom. The summed E-state index contributed by atoms with van der Waals surface area (Å²) in [5.41, 5.74) is 2.83. The van der Waals surface area contributed by atoms with Crippen molar-refractivity contribution in [3.8, 4) is 39.6 Å². The van der Waals surface area contributed by atoms with E-state index in [4.69, 9.17) is 16.3 Å². The Balaban J connectivity index is 1.57. The van der Waals surface area contributed by atoms with Gasteiger partial charge in [0.05, 0.1) is 17.8 Å². The van der Waals surface area contributed by atoms with Crippen molar-refractivity contribution in [2.75, 3.05) is 25.1 Å². The predicted molar refractivity (Wildman–Crippen MR) is 148 cm³/mol. The van der Waals surface area contributed by atoms with Crippen molar-refractivity contribution in [1.29, 1.82) is 0 Å². The Morgan fingerprint density at radius 3 is 2.39 bits per heavy atom. The molecule has 1 aliphatic rings. The van der Waals surface area contributed by atoms with E-state index in [1.165, 1.54) is 21.3 Å². The second-order valence-corrected chi connectivity index (χ2v) is 11.0. The Morgan fingerprint density at radius 1 is 1.11 bits per heavy atom. The van der Waals surface area contributed by atoms with E-state index in [-0.39, 0.29) is 22.4 Å². The zero-order valence-electron chi connectivity index (χ0n) is 22.0. The molecule has 198 valence electrons. The summed E-state index contributed by atoms with van der Waals surface area (Å²) in [6, 6.07) is 9.43. The fourth-order valence-corrected chi connectivity index (χ4v) is 5.27. The van der Waals surface area contributed by atoms with E-state index < -0.39 is 5.82 Å². The molecule has 0 amide bonds. The summed E-state index contributed by atoms with van der Waals surface area (Å²) >= 11 is 6.53. The van der Waals surface area contributed by atoms with E-state index in [0.717, 1.165) is 18.8 Å². The first-order valence-electron chi connectivity index (χ1n) is 12.4. The normalized spacial score (nSPS) is 16.7. The number of ether oxygens (including phenoxy) is 1. The highest BCUT2D eigenvalue weighted by Crippen LogP contribution is 2.44. The fourth-order valence-electron chi connectivity index (χ4n) is 5.00. The predicted octanol–water partition coefficient (Wildman–Crippen LogP) is 5.89. The van der Waals surface area contributed by atoms with Gasteiger partial charge in [0.15, 0.2) is 0 Å². The maximum absolute atomic E-state index is 14.9. The first-order chi connectivity index (χ1) is 18.0. The lowest BCUT2D eigenvalue weighted by Crippen LogP contribution is -2.23. The van der Waals surface area contributed by atoms with Crippen molar-refractivity contribution in [3.63, 3.8) is 0 Å². The van der Waals surface area contributed by atoms with Crippen LogP contribution in [0.15, 0.2) is 59.8 Å². The number of hydrogen-bond acceptors (Lipinski definition) is 5. The lowest BCUT2D eigenvalue weighted by atomic mass is 9.84. The minimum Gasteiger partial charge on any atom is -0.507 e. The van der Waals surface area contributed by atoms with Crippen LogP contribution in [0.4, 0.5) is 10.1 Å². The number of imidazole rings is 1. The summed E-state index contributed by atoms with van der Waals surface area (Å²) in [4.78, 5) is 19.1. The number of halogens is 2. The molecule has 0 bridgehead atoms. The molecule has 7 nitrogen and oxygen atoms in total. The molecule has 0 unspecified atom stereocenters. The number of phenols is 1. The molecule has 1 atom stereocenters. The van der Waals surface area contributed by atoms with Crippen molar-refractivity contribution in [1.82, 2.24) is 14.1 Å². The molecule has 0 aliphatic carbocycles. The maximum Gasteiger partial charge on any atom is 0.332 e. The van der Waals surface area contributed by atoms with E-state index >= 15 is 0 Å². The monoisotopic (exact) mass is 536 g/mol. The van der Waals surface area contributed by atoms with Gasteiger partial charge in [0.1, 0.15) is 17.3 Å². The van der Waals surface area contributed by atoms with Crippen molar-refractivity contribution in [2.24, 2.45) is 18.4 Å². The summed E-state index contributed by atoms with van der Waals surface area (Å²) in [6.45, 7) is 8.35. The lowest BCUT2D eigenvalue weighted by Gasteiger charge is -2.24. The van der Waals surface area contributed by atoms with Crippen LogP contribution in [-0.4, -0.2) is 39.4 Å². The molecular formula is C29H30ClFN4O3. The Hall–Kier alpha value is -3.78. The van der Waals surface area contributed by atoms with Crippen LogP contribution >= 0.6 is 11.6 Å². The van der Waals surface area contributed by atoms with Gasteiger partial charge in [0.2, 0.25) is 5.88 Å². The minimum atomic E-state index is -0.513. The number of methoxy groups -OCH3 is 1. The third-order valence-electron chi connectivity index (χ3n) is 7.64. The molecule has 1 N–H and O–H groups in total. The average molecular weight is 537 g/mol. The van der Waals surface area contributed by atoms with Gasteiger partial charge in [-0.15, -0.1) is 0 Å². The van der Waals surface area contributed by atoms with Crippen LogP contribution in [0.2, 0.25) is 5.02 Å². The lowest BCUT2D eigenvalue weighted by molar-refractivity contribution is 0.312. The molecule has 0 saturated carbocycles. The highest BCUT2D eigenvalue weighted by molar-refractivity contribution is 6.32. The Bertz CT molecular complexity index is 1590. The average Bonchev–Trinajstić information content (AvgIpc) is 3.36. The maximum atomic E-state index is 14.9. The number of nitrogens with zero attached hydrogens (tertiary/aromatic N) is 4. The second kappa shape index (κ2) is 9.51. The number of anilines is 1. The molecule has 0 radical (unpaired) electrons. The van der Waals surface area contributed by atoms with Gasteiger partial charge in [-0.05, 0) is 47.2 Å².